The van der Waals surface area contributed by atoms with E-state index in [1.165, 1.54) is 33.2 Å². The Balaban J connectivity index is 2.03. The highest BCUT2D eigenvalue weighted by Gasteiger charge is 2.21. The fourth-order valence-corrected chi connectivity index (χ4v) is 3.55. The van der Waals surface area contributed by atoms with Gasteiger partial charge in [-0.2, -0.15) is 0 Å². The molecule has 3 heteroatoms. The Morgan fingerprint density at radius 2 is 1.88 bits per heavy atom. The van der Waals surface area contributed by atoms with Crippen molar-refractivity contribution >= 4 is 16.8 Å². The first-order valence-corrected chi connectivity index (χ1v) is 9.56. The van der Waals surface area contributed by atoms with Crippen molar-refractivity contribution in [2.75, 3.05) is 6.54 Å². The van der Waals surface area contributed by atoms with E-state index in [1.807, 2.05) is 0 Å². The molecule has 1 aromatic heterocycles. The third-order valence-electron chi connectivity index (χ3n) is 5.03. The predicted molar refractivity (Wildman–Crippen MR) is 109 cm³/mol. The largest absolute Gasteiger partial charge is 0.361 e. The summed E-state index contributed by atoms with van der Waals surface area (Å²) in [6.45, 7) is 7.06. The van der Waals surface area contributed by atoms with E-state index in [0.29, 0.717) is 6.42 Å². The van der Waals surface area contributed by atoms with E-state index in [4.69, 9.17) is 0 Å². The van der Waals surface area contributed by atoms with Gasteiger partial charge in [0.1, 0.15) is 0 Å². The molecule has 0 saturated heterocycles. The highest BCUT2D eigenvalue weighted by molar-refractivity contribution is 5.88. The third kappa shape index (κ3) is 3.82. The van der Waals surface area contributed by atoms with Crippen molar-refractivity contribution < 1.29 is 4.79 Å². The summed E-state index contributed by atoms with van der Waals surface area (Å²) in [5.41, 5.74) is 6.12. The number of carbonyl (C=O) groups is 1. The average Bonchev–Trinajstić information content (AvgIpc) is 3.09. The Kier molecular flexibility index (Phi) is 5.77. The van der Waals surface area contributed by atoms with Gasteiger partial charge in [-0.15, -0.1) is 0 Å². The van der Waals surface area contributed by atoms with E-state index in [1.54, 1.807) is 0 Å². The quantitative estimate of drug-likeness (QED) is 0.614. The number of para-hydroxylation sites is 1. The topological polar surface area (TPSA) is 44.9 Å². The lowest BCUT2D eigenvalue weighted by atomic mass is 9.87. The molecule has 2 N–H and O–H groups in total. The van der Waals surface area contributed by atoms with Crippen LogP contribution in [-0.4, -0.2) is 17.4 Å². The van der Waals surface area contributed by atoms with Gasteiger partial charge in [-0.25, -0.2) is 0 Å². The number of aromatic amines is 1. The lowest BCUT2D eigenvalue weighted by Crippen LogP contribution is -2.26. The van der Waals surface area contributed by atoms with E-state index < -0.39 is 0 Å². The maximum absolute atomic E-state index is 12.5. The van der Waals surface area contributed by atoms with E-state index in [9.17, 15) is 4.79 Å². The second-order valence-corrected chi connectivity index (χ2v) is 6.95. The number of amides is 1. The normalized spacial score (nSPS) is 12.3. The van der Waals surface area contributed by atoms with Crippen molar-refractivity contribution in [3.63, 3.8) is 0 Å². The van der Waals surface area contributed by atoms with E-state index in [2.05, 4.69) is 79.7 Å². The van der Waals surface area contributed by atoms with Crippen LogP contribution in [0.15, 0.2) is 48.7 Å². The van der Waals surface area contributed by atoms with E-state index >= 15 is 0 Å². The van der Waals surface area contributed by atoms with Crippen LogP contribution in [0.2, 0.25) is 0 Å². The van der Waals surface area contributed by atoms with E-state index in [-0.39, 0.29) is 11.8 Å². The Morgan fingerprint density at radius 3 is 2.58 bits per heavy atom. The van der Waals surface area contributed by atoms with Crippen molar-refractivity contribution in [1.82, 2.24) is 10.3 Å². The highest BCUT2D eigenvalue weighted by atomic mass is 16.1. The molecular formula is C23H28N2O. The number of aryl methyl sites for hydroxylation is 2. The number of aromatic nitrogens is 1. The molecule has 0 fully saturated rings. The number of rotatable bonds is 7. The molecule has 3 nitrogen and oxygen atoms in total. The lowest BCUT2D eigenvalue weighted by Gasteiger charge is -2.17. The van der Waals surface area contributed by atoms with Gasteiger partial charge in [-0.05, 0) is 36.5 Å². The minimum absolute atomic E-state index is 0.0494. The average molecular weight is 348 g/mol. The first kappa shape index (κ1) is 18.2. The van der Waals surface area contributed by atoms with E-state index in [0.717, 1.165) is 19.4 Å². The van der Waals surface area contributed by atoms with Gasteiger partial charge in [0, 0.05) is 36.0 Å². The lowest BCUT2D eigenvalue weighted by molar-refractivity contribution is -0.121. The zero-order valence-electron chi connectivity index (χ0n) is 15.9. The van der Waals surface area contributed by atoms with Crippen LogP contribution in [0.3, 0.4) is 0 Å². The summed E-state index contributed by atoms with van der Waals surface area (Å²) in [7, 11) is 0. The zero-order chi connectivity index (χ0) is 18.5. The maximum Gasteiger partial charge on any atom is 0.220 e. The Labute approximate surface area is 155 Å². The molecule has 26 heavy (non-hydrogen) atoms. The van der Waals surface area contributed by atoms with Crippen molar-refractivity contribution in [3.05, 3.63) is 70.9 Å². The molecule has 0 bridgehead atoms. The Hall–Kier alpha value is -2.55. The molecule has 1 heterocycles. The second kappa shape index (κ2) is 8.22. The van der Waals surface area contributed by atoms with Crippen molar-refractivity contribution in [2.45, 2.75) is 46.0 Å². The molecule has 1 amide bonds. The summed E-state index contributed by atoms with van der Waals surface area (Å²) < 4.78 is 0. The van der Waals surface area contributed by atoms with Crippen molar-refractivity contribution in [1.29, 1.82) is 0 Å². The summed E-state index contributed by atoms with van der Waals surface area (Å²) >= 11 is 0. The van der Waals surface area contributed by atoms with Crippen LogP contribution in [-0.2, 0) is 11.2 Å². The molecule has 0 aliphatic heterocycles. The molecule has 2 aromatic carbocycles. The molecule has 3 rings (SSSR count). The fourth-order valence-electron chi connectivity index (χ4n) is 3.55. The van der Waals surface area contributed by atoms with Gasteiger partial charge in [0.05, 0.1) is 0 Å². The van der Waals surface area contributed by atoms with Crippen LogP contribution in [0.1, 0.15) is 54.9 Å². The van der Waals surface area contributed by atoms with Crippen LogP contribution in [0.4, 0.5) is 0 Å². The number of fused-ring (bicyclic) bond motifs is 1. The number of hydrogen-bond donors (Lipinski definition) is 2. The van der Waals surface area contributed by atoms with Gasteiger partial charge in [0.25, 0.3) is 0 Å². The third-order valence-corrected chi connectivity index (χ3v) is 5.03. The Bertz CT molecular complexity index is 877. The fraction of sp³-hybridized carbons (Fsp3) is 0.348. The summed E-state index contributed by atoms with van der Waals surface area (Å²) in [6, 6.07) is 15.0. The first-order chi connectivity index (χ1) is 12.6. The molecule has 0 spiro atoms. The summed E-state index contributed by atoms with van der Waals surface area (Å²) in [6.07, 6.45) is 4.49. The molecule has 0 radical (unpaired) electrons. The van der Waals surface area contributed by atoms with Crippen molar-refractivity contribution in [3.8, 4) is 0 Å². The van der Waals surface area contributed by atoms with Crippen LogP contribution >= 0.6 is 0 Å². The molecule has 0 saturated carbocycles. The van der Waals surface area contributed by atoms with Gasteiger partial charge >= 0.3 is 0 Å². The second-order valence-electron chi connectivity index (χ2n) is 6.95. The minimum Gasteiger partial charge on any atom is -0.361 e. The summed E-state index contributed by atoms with van der Waals surface area (Å²) in [5, 5.41) is 4.25. The molecule has 1 atom stereocenters. The molecule has 136 valence electrons. The predicted octanol–water partition coefficient (Wildman–Crippen LogP) is 5.09. The monoisotopic (exact) mass is 348 g/mol. The maximum atomic E-state index is 12.5. The molecule has 1 unspecified atom stereocenters. The van der Waals surface area contributed by atoms with Crippen LogP contribution < -0.4 is 5.32 Å². The molecule has 0 aliphatic rings. The highest BCUT2D eigenvalue weighted by Crippen LogP contribution is 2.34. The standard InChI is InChI=1S/C23H28N2O/c1-4-13-24-22(26)14-20(18-11-9-16(3)10-12-18)21-15-25-23-17(5-2)7-6-8-19(21)23/h6-12,15,20,25H,4-5,13-14H2,1-3H3,(H,24,26). The number of hydrogen-bond acceptors (Lipinski definition) is 1. The summed E-state index contributed by atoms with van der Waals surface area (Å²) in [4.78, 5) is 15.9. The van der Waals surface area contributed by atoms with Gasteiger partial charge < -0.3 is 10.3 Å². The number of H-pyrrole nitrogens is 1. The number of carbonyl (C=O) groups excluding carboxylic acids is 1. The van der Waals surface area contributed by atoms with Crippen LogP contribution in [0.25, 0.3) is 10.9 Å². The van der Waals surface area contributed by atoms with Gasteiger partial charge in [-0.3, -0.25) is 4.79 Å². The number of benzene rings is 2. The Morgan fingerprint density at radius 1 is 1.12 bits per heavy atom. The van der Waals surface area contributed by atoms with Crippen LogP contribution in [0, 0.1) is 6.92 Å². The molecular weight excluding hydrogens is 320 g/mol. The van der Waals surface area contributed by atoms with Gasteiger partial charge in [-0.1, -0.05) is 61.9 Å². The van der Waals surface area contributed by atoms with Gasteiger partial charge in [0.2, 0.25) is 5.91 Å². The SMILES string of the molecule is CCCNC(=O)CC(c1ccc(C)cc1)c1c[nH]c2c(CC)cccc12. The molecule has 0 aliphatic carbocycles. The zero-order valence-corrected chi connectivity index (χ0v) is 15.9. The minimum atomic E-state index is 0.0494. The molecule has 3 aromatic rings. The first-order valence-electron chi connectivity index (χ1n) is 9.56. The number of nitrogens with one attached hydrogen (secondary N) is 2. The smallest absolute Gasteiger partial charge is 0.220 e. The van der Waals surface area contributed by atoms with Crippen LogP contribution in [0.5, 0.6) is 0 Å². The van der Waals surface area contributed by atoms with Crippen molar-refractivity contribution in [2.24, 2.45) is 0 Å². The van der Waals surface area contributed by atoms with Gasteiger partial charge in [0.15, 0.2) is 0 Å². The summed E-state index contributed by atoms with van der Waals surface area (Å²) in [5.74, 6) is 0.159.